The first-order chi connectivity index (χ1) is 17.3. The standard InChI is InChI=1S/C28H37F3N4O/c1-2-25-24(4-3-16-32-25)27(36)34-22-8-5-20(6-9-22)12-17-35-18-13-21-7-10-23(11-15-28(29,30)31)33-26(21)14-19-35/h3-4,7,10,16,20,22H,2,5-6,8-9,11-15,17-19H2,1H3,(H,34,36). The van der Waals surface area contributed by atoms with Crippen molar-refractivity contribution in [3.05, 3.63) is 58.7 Å². The van der Waals surface area contributed by atoms with Crippen molar-refractivity contribution in [3.8, 4) is 0 Å². The number of rotatable bonds is 8. The molecule has 2 aromatic heterocycles. The average Bonchev–Trinajstić information content (AvgIpc) is 3.08. The summed E-state index contributed by atoms with van der Waals surface area (Å²) in [6.07, 6.45) is 4.56. The van der Waals surface area contributed by atoms with E-state index in [4.69, 9.17) is 0 Å². The van der Waals surface area contributed by atoms with Gasteiger partial charge in [-0.15, -0.1) is 0 Å². The lowest BCUT2D eigenvalue weighted by atomic mass is 9.84. The van der Waals surface area contributed by atoms with Crippen molar-refractivity contribution in [2.45, 2.75) is 83.4 Å². The predicted octanol–water partition coefficient (Wildman–Crippen LogP) is 5.31. The van der Waals surface area contributed by atoms with E-state index in [0.29, 0.717) is 17.2 Å². The maximum atomic E-state index is 12.7. The summed E-state index contributed by atoms with van der Waals surface area (Å²) in [4.78, 5) is 24.1. The number of nitrogens with one attached hydrogen (secondary N) is 1. The van der Waals surface area contributed by atoms with E-state index >= 15 is 0 Å². The Hall–Kier alpha value is -2.48. The largest absolute Gasteiger partial charge is 0.389 e. The van der Waals surface area contributed by atoms with Gasteiger partial charge in [-0.3, -0.25) is 14.8 Å². The molecule has 0 unspecified atom stereocenters. The summed E-state index contributed by atoms with van der Waals surface area (Å²) in [6.45, 7) is 4.91. The highest BCUT2D eigenvalue weighted by Gasteiger charge is 2.27. The maximum absolute atomic E-state index is 12.7. The zero-order valence-corrected chi connectivity index (χ0v) is 21.1. The Morgan fingerprint density at radius 1 is 1.11 bits per heavy atom. The van der Waals surface area contributed by atoms with E-state index in [2.05, 4.69) is 20.2 Å². The number of hydrogen-bond donors (Lipinski definition) is 1. The molecule has 36 heavy (non-hydrogen) atoms. The smallest absolute Gasteiger partial charge is 0.349 e. The first-order valence-electron chi connectivity index (χ1n) is 13.3. The van der Waals surface area contributed by atoms with Gasteiger partial charge < -0.3 is 10.2 Å². The van der Waals surface area contributed by atoms with Crippen molar-refractivity contribution in [1.29, 1.82) is 0 Å². The number of hydrogen-bond acceptors (Lipinski definition) is 4. The number of carbonyl (C=O) groups excluding carboxylic acids is 1. The molecule has 2 aliphatic rings. The molecule has 0 bridgehead atoms. The second kappa shape index (κ2) is 12.2. The summed E-state index contributed by atoms with van der Waals surface area (Å²) in [5.41, 5.74) is 4.21. The van der Waals surface area contributed by atoms with Gasteiger partial charge in [-0.2, -0.15) is 13.2 Å². The van der Waals surface area contributed by atoms with Crippen LogP contribution in [0.5, 0.6) is 0 Å². The minimum atomic E-state index is -4.14. The van der Waals surface area contributed by atoms with Crippen LogP contribution < -0.4 is 5.32 Å². The van der Waals surface area contributed by atoms with Crippen LogP contribution in [-0.2, 0) is 25.7 Å². The molecule has 1 fully saturated rings. The number of amides is 1. The molecule has 0 radical (unpaired) electrons. The molecule has 8 heteroatoms. The quantitative estimate of drug-likeness (QED) is 0.531. The molecule has 1 amide bonds. The van der Waals surface area contributed by atoms with Gasteiger partial charge in [0, 0.05) is 49.6 Å². The summed E-state index contributed by atoms with van der Waals surface area (Å²) >= 11 is 0. The summed E-state index contributed by atoms with van der Waals surface area (Å²) in [5, 5.41) is 3.22. The molecular weight excluding hydrogens is 465 g/mol. The van der Waals surface area contributed by atoms with Crippen molar-refractivity contribution in [2.24, 2.45) is 5.92 Å². The monoisotopic (exact) mass is 502 g/mol. The molecule has 4 rings (SSSR count). The van der Waals surface area contributed by atoms with E-state index in [1.54, 1.807) is 12.3 Å². The van der Waals surface area contributed by atoms with Gasteiger partial charge in [0.05, 0.1) is 11.3 Å². The Balaban J connectivity index is 1.19. The molecular formula is C28H37F3N4O. The fourth-order valence-electron chi connectivity index (χ4n) is 5.46. The summed E-state index contributed by atoms with van der Waals surface area (Å²) in [7, 11) is 0. The second-order valence-corrected chi connectivity index (χ2v) is 10.2. The van der Waals surface area contributed by atoms with Crippen LogP contribution in [0, 0.1) is 5.92 Å². The number of pyridine rings is 2. The van der Waals surface area contributed by atoms with Gasteiger partial charge >= 0.3 is 6.18 Å². The van der Waals surface area contributed by atoms with E-state index in [9.17, 15) is 18.0 Å². The minimum Gasteiger partial charge on any atom is -0.349 e. The average molecular weight is 503 g/mol. The SMILES string of the molecule is CCc1ncccc1C(=O)NC1CCC(CCN2CCc3ccc(CCC(F)(F)F)nc3CC2)CC1. The van der Waals surface area contributed by atoms with Gasteiger partial charge in [0.2, 0.25) is 0 Å². The topological polar surface area (TPSA) is 58.1 Å². The fourth-order valence-corrected chi connectivity index (χ4v) is 5.46. The highest BCUT2D eigenvalue weighted by Crippen LogP contribution is 2.28. The number of nitrogens with zero attached hydrogens (tertiary/aromatic N) is 3. The van der Waals surface area contributed by atoms with Crippen LogP contribution in [-0.4, -0.2) is 52.6 Å². The molecule has 0 spiro atoms. The van der Waals surface area contributed by atoms with Crippen LogP contribution in [0.3, 0.4) is 0 Å². The van der Waals surface area contributed by atoms with Crippen molar-refractivity contribution < 1.29 is 18.0 Å². The minimum absolute atomic E-state index is 0.0114. The van der Waals surface area contributed by atoms with Gasteiger partial charge in [-0.05, 0) is 87.6 Å². The third-order valence-electron chi connectivity index (χ3n) is 7.66. The lowest BCUT2D eigenvalue weighted by molar-refractivity contribution is -0.134. The van der Waals surface area contributed by atoms with E-state index in [-0.39, 0.29) is 18.4 Å². The summed E-state index contributed by atoms with van der Waals surface area (Å²) in [6, 6.07) is 7.63. The molecule has 1 N–H and O–H groups in total. The van der Waals surface area contributed by atoms with Crippen LogP contribution in [0.1, 0.15) is 78.5 Å². The fraction of sp³-hybridized carbons (Fsp3) is 0.607. The van der Waals surface area contributed by atoms with Crippen molar-refractivity contribution in [2.75, 3.05) is 19.6 Å². The van der Waals surface area contributed by atoms with Crippen LogP contribution >= 0.6 is 0 Å². The first-order valence-corrected chi connectivity index (χ1v) is 13.3. The molecule has 5 nitrogen and oxygen atoms in total. The van der Waals surface area contributed by atoms with Crippen LogP contribution in [0.15, 0.2) is 30.5 Å². The summed E-state index contributed by atoms with van der Waals surface area (Å²) < 4.78 is 37.7. The molecule has 0 aromatic carbocycles. The third kappa shape index (κ3) is 7.51. The van der Waals surface area contributed by atoms with Gasteiger partial charge in [0.25, 0.3) is 5.91 Å². The van der Waals surface area contributed by atoms with Crippen LogP contribution in [0.4, 0.5) is 13.2 Å². The molecule has 2 aromatic rings. The number of aromatic nitrogens is 2. The Kier molecular flexibility index (Phi) is 8.99. The number of alkyl halides is 3. The van der Waals surface area contributed by atoms with Crippen molar-refractivity contribution in [1.82, 2.24) is 20.2 Å². The number of carbonyl (C=O) groups is 1. The van der Waals surface area contributed by atoms with E-state index in [1.807, 2.05) is 25.1 Å². The molecule has 1 aliphatic heterocycles. The number of aryl methyl sites for hydroxylation is 2. The van der Waals surface area contributed by atoms with Crippen molar-refractivity contribution in [3.63, 3.8) is 0 Å². The normalized spacial score (nSPS) is 21.0. The van der Waals surface area contributed by atoms with E-state index in [0.717, 1.165) is 82.4 Å². The molecule has 3 heterocycles. The lowest BCUT2D eigenvalue weighted by Gasteiger charge is -2.31. The molecule has 1 saturated carbocycles. The Morgan fingerprint density at radius 2 is 1.89 bits per heavy atom. The Labute approximate surface area is 211 Å². The Bertz CT molecular complexity index is 1020. The molecule has 0 atom stereocenters. The third-order valence-corrected chi connectivity index (χ3v) is 7.66. The highest BCUT2D eigenvalue weighted by atomic mass is 19.4. The number of fused-ring (bicyclic) bond motifs is 1. The predicted molar refractivity (Wildman–Crippen MR) is 134 cm³/mol. The van der Waals surface area contributed by atoms with E-state index in [1.165, 1.54) is 5.56 Å². The molecule has 0 saturated heterocycles. The first kappa shape index (κ1) is 26.6. The highest BCUT2D eigenvalue weighted by molar-refractivity contribution is 5.95. The van der Waals surface area contributed by atoms with E-state index < -0.39 is 12.6 Å². The van der Waals surface area contributed by atoms with Gasteiger partial charge in [-0.1, -0.05) is 13.0 Å². The molecule has 1 aliphatic carbocycles. The van der Waals surface area contributed by atoms with Gasteiger partial charge in [0.1, 0.15) is 0 Å². The lowest BCUT2D eigenvalue weighted by Crippen LogP contribution is -2.38. The maximum Gasteiger partial charge on any atom is 0.389 e. The van der Waals surface area contributed by atoms with Crippen LogP contribution in [0.25, 0.3) is 0 Å². The summed E-state index contributed by atoms with van der Waals surface area (Å²) in [5.74, 6) is 0.656. The van der Waals surface area contributed by atoms with Crippen LogP contribution in [0.2, 0.25) is 0 Å². The number of halogens is 3. The van der Waals surface area contributed by atoms with Gasteiger partial charge in [0.15, 0.2) is 0 Å². The zero-order chi connectivity index (χ0) is 25.5. The zero-order valence-electron chi connectivity index (χ0n) is 21.1. The Morgan fingerprint density at radius 3 is 2.64 bits per heavy atom. The molecule has 196 valence electrons. The second-order valence-electron chi connectivity index (χ2n) is 10.2. The van der Waals surface area contributed by atoms with Crippen molar-refractivity contribution >= 4 is 5.91 Å². The van der Waals surface area contributed by atoms with Gasteiger partial charge in [-0.25, -0.2) is 0 Å².